The van der Waals surface area contributed by atoms with Crippen molar-refractivity contribution in [3.63, 3.8) is 0 Å². The highest BCUT2D eigenvalue weighted by Gasteiger charge is 2.39. The molecule has 2 N–H and O–H groups in total. The first-order valence-electron chi connectivity index (χ1n) is 12.2. The van der Waals surface area contributed by atoms with E-state index in [1.165, 1.54) is 0 Å². The maximum atomic E-state index is 12.8. The molecular weight excluding hydrogens is 416 g/mol. The number of hydrogen-bond donors (Lipinski definition) is 2. The van der Waals surface area contributed by atoms with Gasteiger partial charge in [0, 0.05) is 19.4 Å². The molecule has 3 unspecified atom stereocenters. The first-order valence-corrected chi connectivity index (χ1v) is 12.2. The van der Waals surface area contributed by atoms with E-state index in [2.05, 4.69) is 36.3 Å². The van der Waals surface area contributed by atoms with Crippen LogP contribution in [0.5, 0.6) is 0 Å². The molecule has 0 radical (unpaired) electrons. The lowest BCUT2D eigenvalue weighted by atomic mass is 9.74. The molecule has 0 bridgehead atoms. The largest absolute Gasteiger partial charge is 0.449 e. The highest BCUT2D eigenvalue weighted by molar-refractivity contribution is 5.87. The van der Waals surface area contributed by atoms with Crippen LogP contribution >= 0.6 is 0 Å². The van der Waals surface area contributed by atoms with Crippen molar-refractivity contribution in [2.24, 2.45) is 23.2 Å². The lowest BCUT2D eigenvalue weighted by molar-refractivity contribution is -0.139. The Hall–Kier alpha value is -2.21. The molecule has 0 aromatic carbocycles. The van der Waals surface area contributed by atoms with Crippen LogP contribution in [0.3, 0.4) is 0 Å². The number of carbonyl (C=O) groups excluding carboxylic acids is 2. The van der Waals surface area contributed by atoms with Gasteiger partial charge in [-0.05, 0) is 44.1 Å². The molecule has 6 nitrogen and oxygen atoms in total. The van der Waals surface area contributed by atoms with Gasteiger partial charge in [-0.25, -0.2) is 4.98 Å². The summed E-state index contributed by atoms with van der Waals surface area (Å²) >= 11 is 0. The van der Waals surface area contributed by atoms with Crippen LogP contribution in [0, 0.1) is 30.1 Å². The summed E-state index contributed by atoms with van der Waals surface area (Å²) in [5.41, 5.74) is -0.0194. The number of rotatable bonds is 1. The topological polar surface area (TPSA) is 92.4 Å². The number of allylic oxidation sites excluding steroid dienone is 2. The molecule has 2 heterocycles. The van der Waals surface area contributed by atoms with Gasteiger partial charge in [-0.1, -0.05) is 59.3 Å². The van der Waals surface area contributed by atoms with Crippen LogP contribution in [-0.2, 0) is 9.59 Å². The second kappa shape index (κ2) is 14.1. The number of aryl methyl sites for hydroxylation is 1. The van der Waals surface area contributed by atoms with Crippen LogP contribution in [0.2, 0.25) is 0 Å². The first kappa shape index (κ1) is 28.8. The van der Waals surface area contributed by atoms with Gasteiger partial charge < -0.3 is 14.8 Å². The molecule has 1 aromatic heterocycles. The fraction of sp³-hybridized carbons (Fsp3) is 0.667. The van der Waals surface area contributed by atoms with Gasteiger partial charge in [0.2, 0.25) is 5.91 Å². The summed E-state index contributed by atoms with van der Waals surface area (Å²) in [6.07, 6.45) is 12.9. The molecule has 0 saturated carbocycles. The molecule has 33 heavy (non-hydrogen) atoms. The Balaban J connectivity index is 0.000000502. The maximum Gasteiger partial charge on any atom is 0.222 e. The highest BCUT2D eigenvalue weighted by atomic mass is 16.3. The summed E-state index contributed by atoms with van der Waals surface area (Å²) in [5.74, 6) is 1.22. The van der Waals surface area contributed by atoms with E-state index in [0.29, 0.717) is 18.4 Å². The van der Waals surface area contributed by atoms with Gasteiger partial charge in [-0.3, -0.25) is 9.59 Å². The van der Waals surface area contributed by atoms with Gasteiger partial charge >= 0.3 is 0 Å². The number of aromatic nitrogens is 1. The third kappa shape index (κ3) is 10.5. The van der Waals surface area contributed by atoms with E-state index in [4.69, 9.17) is 4.42 Å². The Morgan fingerprint density at radius 3 is 2.55 bits per heavy atom. The third-order valence-corrected chi connectivity index (χ3v) is 6.18. The number of ketones is 1. The minimum atomic E-state index is -0.957. The Morgan fingerprint density at radius 2 is 1.94 bits per heavy atom. The zero-order chi connectivity index (χ0) is 25.0. The lowest BCUT2D eigenvalue weighted by Crippen LogP contribution is -2.43. The average Bonchev–Trinajstić information content (AvgIpc) is 3.16. The van der Waals surface area contributed by atoms with Crippen molar-refractivity contribution >= 4 is 17.8 Å². The number of aliphatic hydroxyl groups is 1. The molecule has 2 rings (SSSR count). The van der Waals surface area contributed by atoms with Gasteiger partial charge in [0.1, 0.15) is 17.7 Å². The van der Waals surface area contributed by atoms with Crippen molar-refractivity contribution in [3.05, 3.63) is 36.1 Å². The van der Waals surface area contributed by atoms with Crippen molar-refractivity contribution in [1.82, 2.24) is 10.3 Å². The number of nitrogens with one attached hydrogen (secondary N) is 1. The second-order valence-corrected chi connectivity index (χ2v) is 9.98. The quantitative estimate of drug-likeness (QED) is 0.540. The van der Waals surface area contributed by atoms with Crippen LogP contribution in [0.15, 0.2) is 28.9 Å². The van der Waals surface area contributed by atoms with Gasteiger partial charge in [0.15, 0.2) is 5.89 Å². The van der Waals surface area contributed by atoms with Crippen LogP contribution in [0.1, 0.15) is 85.2 Å². The van der Waals surface area contributed by atoms with E-state index >= 15 is 0 Å². The summed E-state index contributed by atoms with van der Waals surface area (Å²) < 4.78 is 4.95. The summed E-state index contributed by atoms with van der Waals surface area (Å²) in [7, 11) is 0. The Bertz CT molecular complexity index is 794. The van der Waals surface area contributed by atoms with Crippen molar-refractivity contribution in [3.8, 4) is 0 Å². The molecule has 186 valence electrons. The number of Topliss-reactive ketones (excluding diaryl/α,β-unsaturated/α-hetero) is 1. The predicted octanol–water partition coefficient (Wildman–Crippen LogP) is 5.50. The third-order valence-electron chi connectivity index (χ3n) is 6.18. The van der Waals surface area contributed by atoms with Crippen molar-refractivity contribution < 1.29 is 19.1 Å². The van der Waals surface area contributed by atoms with E-state index < -0.39 is 11.5 Å². The second-order valence-electron chi connectivity index (χ2n) is 9.98. The molecule has 0 aliphatic carbocycles. The zero-order valence-corrected chi connectivity index (χ0v) is 21.6. The molecule has 4 atom stereocenters. The molecule has 0 saturated heterocycles. The average molecular weight is 461 g/mol. The van der Waals surface area contributed by atoms with Crippen LogP contribution in [-0.4, -0.2) is 34.4 Å². The molecule has 1 aromatic rings. The molecule has 0 spiro atoms. The van der Waals surface area contributed by atoms with Crippen LogP contribution in [0.4, 0.5) is 0 Å². The number of aliphatic hydroxyl groups excluding tert-OH is 1. The minimum Gasteiger partial charge on any atom is -0.449 e. The van der Waals surface area contributed by atoms with E-state index in [1.807, 2.05) is 32.9 Å². The van der Waals surface area contributed by atoms with Gasteiger partial charge in [-0.2, -0.15) is 0 Å². The van der Waals surface area contributed by atoms with E-state index in [1.54, 1.807) is 20.1 Å². The maximum absolute atomic E-state index is 12.8. The Labute approximate surface area is 199 Å². The molecule has 1 aliphatic rings. The summed E-state index contributed by atoms with van der Waals surface area (Å²) in [6.45, 7) is 14.0. The zero-order valence-electron chi connectivity index (χ0n) is 21.6. The van der Waals surface area contributed by atoms with E-state index in [0.717, 1.165) is 31.4 Å². The Morgan fingerprint density at radius 1 is 1.24 bits per heavy atom. The van der Waals surface area contributed by atoms with Gasteiger partial charge in [0.05, 0.1) is 17.9 Å². The molecule has 1 amide bonds. The van der Waals surface area contributed by atoms with Crippen molar-refractivity contribution in [1.29, 1.82) is 0 Å². The number of nitrogens with zero attached hydrogens (tertiary/aromatic N) is 1. The Kier molecular flexibility index (Phi) is 12.3. The smallest absolute Gasteiger partial charge is 0.222 e. The van der Waals surface area contributed by atoms with E-state index in [9.17, 15) is 14.7 Å². The fourth-order valence-electron chi connectivity index (χ4n) is 4.01. The summed E-state index contributed by atoms with van der Waals surface area (Å²) in [5, 5.41) is 13.3. The SMILES string of the molecule is C/C=C\c1coc(C)n1.CC1CCC/C=C\[C@H](C)CNC(=O)CC(O)C(C)(C)C(=O)C(C)C1. The molecule has 6 heteroatoms. The summed E-state index contributed by atoms with van der Waals surface area (Å²) in [4.78, 5) is 28.9. The fourth-order valence-corrected chi connectivity index (χ4v) is 4.01. The molecule has 1 aliphatic heterocycles. The van der Waals surface area contributed by atoms with Crippen LogP contribution < -0.4 is 5.32 Å². The lowest BCUT2D eigenvalue weighted by Gasteiger charge is -2.32. The standard InChI is InChI=1S/C20H35NO3.C7H9NO/c1-14-9-7-6-8-10-15(2)13-21-18(23)12-17(22)20(4,5)19(24)16(3)11-14;1-3-4-7-5-9-6(2)8-7/h8,10,14-17,22H,6-7,9,11-13H2,1-5H3,(H,21,23);3-5H,1-2H3/b10-8-;4-3-/t14?,15-,16?,17?;/m0./s1. The van der Waals surface area contributed by atoms with Crippen molar-refractivity contribution in [2.75, 3.05) is 6.54 Å². The number of oxazole rings is 1. The number of amides is 1. The molecular formula is C27H44N2O4. The predicted molar refractivity (Wildman–Crippen MR) is 133 cm³/mol. The minimum absolute atomic E-state index is 0.0303. The van der Waals surface area contributed by atoms with Crippen LogP contribution in [0.25, 0.3) is 6.08 Å². The first-order chi connectivity index (χ1) is 15.5. The molecule has 0 fully saturated rings. The highest BCUT2D eigenvalue weighted by Crippen LogP contribution is 2.31. The van der Waals surface area contributed by atoms with Crippen molar-refractivity contribution in [2.45, 2.75) is 86.7 Å². The van der Waals surface area contributed by atoms with Gasteiger partial charge in [-0.15, -0.1) is 0 Å². The monoisotopic (exact) mass is 460 g/mol. The summed E-state index contributed by atoms with van der Waals surface area (Å²) in [6, 6.07) is 0. The van der Waals surface area contributed by atoms with E-state index in [-0.39, 0.29) is 29.9 Å². The number of carbonyl (C=O) groups is 2. The number of hydrogen-bond acceptors (Lipinski definition) is 5. The normalized spacial score (nSPS) is 28.6. The van der Waals surface area contributed by atoms with Gasteiger partial charge in [0.25, 0.3) is 0 Å².